The zero-order valence-electron chi connectivity index (χ0n) is 20.3. The molecule has 9 nitrogen and oxygen atoms in total. The monoisotopic (exact) mass is 595 g/mol. The third-order valence-electron chi connectivity index (χ3n) is 5.40. The number of halogens is 1. The number of hydrogen-bond acceptors (Lipinski definition) is 7. The number of benzene rings is 3. The number of ether oxygens (including phenoxy) is 3. The van der Waals surface area contributed by atoms with Gasteiger partial charge in [0.15, 0.2) is 23.2 Å². The summed E-state index contributed by atoms with van der Waals surface area (Å²) in [5, 5.41) is 5.29. The van der Waals surface area contributed by atoms with E-state index in [1.807, 2.05) is 6.07 Å². The Bertz CT molecular complexity index is 1430. The Labute approximate surface area is 232 Å². The van der Waals surface area contributed by atoms with E-state index in [4.69, 9.17) is 26.4 Å². The van der Waals surface area contributed by atoms with Crippen LogP contribution < -0.4 is 29.7 Å². The van der Waals surface area contributed by atoms with Crippen molar-refractivity contribution in [2.45, 2.75) is 0 Å². The van der Waals surface area contributed by atoms with Crippen molar-refractivity contribution in [3.05, 3.63) is 82.3 Å². The number of para-hydroxylation sites is 1. The van der Waals surface area contributed by atoms with Gasteiger partial charge in [0.25, 0.3) is 17.7 Å². The Morgan fingerprint density at radius 2 is 1.76 bits per heavy atom. The number of thiocarbonyl (C=S) groups is 1. The molecule has 0 aliphatic carbocycles. The summed E-state index contributed by atoms with van der Waals surface area (Å²) in [6, 6.07) is 18.9. The van der Waals surface area contributed by atoms with Gasteiger partial charge in [-0.15, -0.1) is 0 Å². The number of nitrogens with zero attached hydrogens (tertiary/aromatic N) is 1. The van der Waals surface area contributed by atoms with Crippen molar-refractivity contribution in [3.63, 3.8) is 0 Å². The highest BCUT2D eigenvalue weighted by Gasteiger charge is 2.34. The normalized spacial score (nSPS) is 14.2. The molecule has 0 radical (unpaired) electrons. The van der Waals surface area contributed by atoms with Gasteiger partial charge in [0.2, 0.25) is 0 Å². The van der Waals surface area contributed by atoms with E-state index in [1.54, 1.807) is 67.8 Å². The van der Waals surface area contributed by atoms with Gasteiger partial charge in [-0.3, -0.25) is 24.6 Å². The van der Waals surface area contributed by atoms with Crippen LogP contribution >= 0.6 is 28.1 Å². The SMILES string of the molecule is COc1ccc(NC(=O)COc2c(Br)cc(/C=C3/C(=O)NC(=S)N(c4ccccc4)C3=O)cc2OC)cc1. The lowest BCUT2D eigenvalue weighted by Crippen LogP contribution is -2.54. The van der Waals surface area contributed by atoms with Crippen LogP contribution in [0.3, 0.4) is 0 Å². The molecule has 0 saturated carbocycles. The molecule has 2 N–H and O–H groups in total. The minimum Gasteiger partial charge on any atom is -0.497 e. The molecule has 3 aromatic carbocycles. The fraction of sp³-hybridized carbons (Fsp3) is 0.111. The van der Waals surface area contributed by atoms with Gasteiger partial charge < -0.3 is 19.5 Å². The second kappa shape index (κ2) is 11.9. The van der Waals surface area contributed by atoms with Crippen molar-refractivity contribution < 1.29 is 28.6 Å². The minimum atomic E-state index is -0.613. The molecule has 0 unspecified atom stereocenters. The lowest BCUT2D eigenvalue weighted by atomic mass is 10.1. The van der Waals surface area contributed by atoms with Gasteiger partial charge in [-0.2, -0.15) is 0 Å². The highest BCUT2D eigenvalue weighted by Crippen LogP contribution is 2.37. The molecule has 1 fully saturated rings. The van der Waals surface area contributed by atoms with E-state index in [9.17, 15) is 14.4 Å². The zero-order valence-corrected chi connectivity index (χ0v) is 22.7. The molecular weight excluding hydrogens is 574 g/mol. The zero-order chi connectivity index (χ0) is 27.2. The van der Waals surface area contributed by atoms with Gasteiger partial charge in [0.05, 0.1) is 24.4 Å². The smallest absolute Gasteiger partial charge is 0.270 e. The van der Waals surface area contributed by atoms with Crippen LogP contribution in [0.2, 0.25) is 0 Å². The number of carbonyl (C=O) groups is 3. The van der Waals surface area contributed by atoms with Crippen LogP contribution in [0.5, 0.6) is 17.2 Å². The van der Waals surface area contributed by atoms with Gasteiger partial charge in [-0.1, -0.05) is 18.2 Å². The molecule has 1 heterocycles. The van der Waals surface area contributed by atoms with Crippen molar-refractivity contribution in [2.24, 2.45) is 0 Å². The molecule has 38 heavy (non-hydrogen) atoms. The number of nitrogens with one attached hydrogen (secondary N) is 2. The van der Waals surface area contributed by atoms with E-state index in [0.717, 1.165) is 0 Å². The summed E-state index contributed by atoms with van der Waals surface area (Å²) in [5.74, 6) is -0.301. The van der Waals surface area contributed by atoms with Gasteiger partial charge in [-0.25, -0.2) is 0 Å². The van der Waals surface area contributed by atoms with Crippen LogP contribution in [0.4, 0.5) is 11.4 Å². The first kappa shape index (κ1) is 26.8. The van der Waals surface area contributed by atoms with E-state index in [2.05, 4.69) is 26.6 Å². The third-order valence-corrected chi connectivity index (χ3v) is 6.27. The summed E-state index contributed by atoms with van der Waals surface area (Å²) in [5.41, 5.74) is 1.50. The summed E-state index contributed by atoms with van der Waals surface area (Å²) >= 11 is 8.65. The predicted octanol–water partition coefficient (Wildman–Crippen LogP) is 4.32. The second-order valence-corrected chi connectivity index (χ2v) is 9.13. The molecule has 0 spiro atoms. The van der Waals surface area contributed by atoms with Crippen LogP contribution in [0.1, 0.15) is 5.56 Å². The van der Waals surface area contributed by atoms with E-state index in [0.29, 0.717) is 32.9 Å². The molecular formula is C27H22BrN3O6S. The molecule has 1 aliphatic rings. The van der Waals surface area contributed by atoms with Gasteiger partial charge >= 0.3 is 0 Å². The fourth-order valence-electron chi connectivity index (χ4n) is 3.61. The lowest BCUT2D eigenvalue weighted by molar-refractivity contribution is -0.122. The van der Waals surface area contributed by atoms with Crippen LogP contribution in [0, 0.1) is 0 Å². The number of hydrogen-bond donors (Lipinski definition) is 2. The standard InChI is InChI=1S/C27H22BrN3O6S/c1-35-19-10-8-17(9-11-19)29-23(32)15-37-24-21(28)13-16(14-22(24)36-2)12-20-25(33)30-27(38)31(26(20)34)18-6-4-3-5-7-18/h3-14H,15H2,1-2H3,(H,29,32)(H,30,33,38)/b20-12-. The number of rotatable bonds is 8. The highest BCUT2D eigenvalue weighted by molar-refractivity contribution is 9.10. The molecule has 0 bridgehead atoms. The van der Waals surface area contributed by atoms with Crippen molar-refractivity contribution in [2.75, 3.05) is 31.0 Å². The Morgan fingerprint density at radius 3 is 2.42 bits per heavy atom. The summed E-state index contributed by atoms with van der Waals surface area (Å²) in [4.78, 5) is 39.5. The first-order valence-electron chi connectivity index (χ1n) is 11.2. The van der Waals surface area contributed by atoms with Crippen molar-refractivity contribution in [1.82, 2.24) is 5.32 Å². The third kappa shape index (κ3) is 6.01. The average molecular weight is 596 g/mol. The minimum absolute atomic E-state index is 0.00113. The number of methoxy groups -OCH3 is 2. The van der Waals surface area contributed by atoms with Crippen LogP contribution in [0.15, 0.2) is 76.8 Å². The molecule has 1 saturated heterocycles. The van der Waals surface area contributed by atoms with E-state index in [-0.39, 0.29) is 28.9 Å². The summed E-state index contributed by atoms with van der Waals surface area (Å²) < 4.78 is 16.7. The average Bonchev–Trinajstić information content (AvgIpc) is 2.91. The van der Waals surface area contributed by atoms with Crippen LogP contribution in [-0.2, 0) is 14.4 Å². The van der Waals surface area contributed by atoms with E-state index < -0.39 is 11.8 Å². The maximum atomic E-state index is 13.2. The Hall–Kier alpha value is -4.22. The molecule has 194 valence electrons. The first-order chi connectivity index (χ1) is 18.3. The molecule has 11 heteroatoms. The van der Waals surface area contributed by atoms with Gasteiger partial charge in [0, 0.05) is 5.69 Å². The molecule has 4 rings (SSSR count). The molecule has 3 amide bonds. The Kier molecular flexibility index (Phi) is 8.39. The van der Waals surface area contributed by atoms with Crippen molar-refractivity contribution in [1.29, 1.82) is 0 Å². The largest absolute Gasteiger partial charge is 0.497 e. The predicted molar refractivity (Wildman–Crippen MR) is 150 cm³/mol. The lowest BCUT2D eigenvalue weighted by Gasteiger charge is -2.28. The van der Waals surface area contributed by atoms with Crippen molar-refractivity contribution >= 4 is 68.4 Å². The van der Waals surface area contributed by atoms with Crippen LogP contribution in [-0.4, -0.2) is 43.7 Å². The summed E-state index contributed by atoms with van der Waals surface area (Å²) in [6.45, 7) is -0.286. The number of amides is 3. The summed E-state index contributed by atoms with van der Waals surface area (Å²) in [6.07, 6.45) is 1.43. The van der Waals surface area contributed by atoms with Crippen LogP contribution in [0.25, 0.3) is 6.08 Å². The fourth-order valence-corrected chi connectivity index (χ4v) is 4.46. The van der Waals surface area contributed by atoms with E-state index in [1.165, 1.54) is 18.1 Å². The molecule has 0 atom stereocenters. The Morgan fingerprint density at radius 1 is 1.05 bits per heavy atom. The highest BCUT2D eigenvalue weighted by atomic mass is 79.9. The Balaban J connectivity index is 1.52. The number of anilines is 2. The quantitative estimate of drug-likeness (QED) is 0.227. The molecule has 3 aromatic rings. The van der Waals surface area contributed by atoms with E-state index >= 15 is 0 Å². The summed E-state index contributed by atoms with van der Waals surface area (Å²) in [7, 11) is 3.00. The maximum Gasteiger partial charge on any atom is 0.270 e. The maximum absolute atomic E-state index is 13.2. The van der Waals surface area contributed by atoms with Gasteiger partial charge in [-0.05, 0) is 88.3 Å². The topological polar surface area (TPSA) is 106 Å². The van der Waals surface area contributed by atoms with Crippen molar-refractivity contribution in [3.8, 4) is 17.2 Å². The van der Waals surface area contributed by atoms with Gasteiger partial charge in [0.1, 0.15) is 11.3 Å². The second-order valence-electron chi connectivity index (χ2n) is 7.89. The first-order valence-corrected chi connectivity index (χ1v) is 12.4. The number of carbonyl (C=O) groups excluding carboxylic acids is 3. The molecule has 1 aliphatic heterocycles. The molecule has 0 aromatic heterocycles.